The maximum absolute atomic E-state index is 13.1. The topological polar surface area (TPSA) is 174 Å². The molecule has 3 rings (SSSR count). The first kappa shape index (κ1) is 29.9. The van der Waals surface area contributed by atoms with Crippen LogP contribution in [0, 0.1) is 11.8 Å². The molecule has 0 bridgehead atoms. The lowest BCUT2D eigenvalue weighted by Gasteiger charge is -2.28. The first-order valence-electron chi connectivity index (χ1n) is 13.2. The molecule has 0 aromatic carbocycles. The minimum absolute atomic E-state index is 0.00769. The number of alkyl carbamates (subject to hydrolysis) is 1. The molecule has 1 heterocycles. The Morgan fingerprint density at radius 1 is 1.16 bits per heavy atom. The van der Waals surface area contributed by atoms with E-state index in [4.69, 9.17) is 15.2 Å². The van der Waals surface area contributed by atoms with E-state index in [9.17, 15) is 27.6 Å². The Balaban J connectivity index is 1.41. The Morgan fingerprint density at radius 3 is 2.50 bits per heavy atom. The number of sulfonamides is 1. The number of hydrogen-bond acceptors (Lipinski definition) is 8. The van der Waals surface area contributed by atoms with Crippen LogP contribution >= 0.6 is 0 Å². The van der Waals surface area contributed by atoms with E-state index in [1.165, 1.54) is 4.90 Å². The van der Waals surface area contributed by atoms with Crippen molar-refractivity contribution in [1.29, 1.82) is 0 Å². The van der Waals surface area contributed by atoms with Crippen LogP contribution in [0.4, 0.5) is 4.79 Å². The van der Waals surface area contributed by atoms with E-state index >= 15 is 0 Å². The molecule has 2 aliphatic carbocycles. The van der Waals surface area contributed by atoms with Crippen molar-refractivity contribution >= 4 is 33.8 Å². The highest BCUT2D eigenvalue weighted by Gasteiger charge is 2.45. The monoisotopic (exact) mass is 556 g/mol. The summed E-state index contributed by atoms with van der Waals surface area (Å²) in [6.07, 6.45) is 6.63. The number of amides is 4. The number of primary amides is 1. The van der Waals surface area contributed by atoms with Crippen LogP contribution in [0.15, 0.2) is 12.2 Å². The van der Waals surface area contributed by atoms with Crippen molar-refractivity contribution < 1.29 is 37.1 Å². The number of nitrogens with two attached hydrogens (primary N) is 1. The van der Waals surface area contributed by atoms with Crippen LogP contribution in [0.25, 0.3) is 0 Å². The van der Waals surface area contributed by atoms with Gasteiger partial charge in [-0.1, -0.05) is 12.2 Å². The van der Waals surface area contributed by atoms with Crippen LogP contribution in [0.5, 0.6) is 0 Å². The van der Waals surface area contributed by atoms with E-state index in [-0.39, 0.29) is 24.2 Å². The Kier molecular flexibility index (Phi) is 9.80. The fraction of sp³-hybridized carbons (Fsp3) is 0.760. The van der Waals surface area contributed by atoms with Crippen molar-refractivity contribution in [3.8, 4) is 0 Å². The van der Waals surface area contributed by atoms with E-state index < -0.39 is 50.9 Å². The van der Waals surface area contributed by atoms with Gasteiger partial charge in [0.15, 0.2) is 0 Å². The predicted molar refractivity (Wildman–Crippen MR) is 138 cm³/mol. The summed E-state index contributed by atoms with van der Waals surface area (Å²) in [5.74, 6) is -1.73. The summed E-state index contributed by atoms with van der Waals surface area (Å²) in [5, 5.41) is 2.19. The molecule has 13 heteroatoms. The molecule has 0 aromatic heterocycles. The smallest absolute Gasteiger partial charge is 0.408 e. The van der Waals surface area contributed by atoms with Gasteiger partial charge < -0.3 is 25.4 Å². The van der Waals surface area contributed by atoms with Gasteiger partial charge in [0.1, 0.15) is 17.7 Å². The van der Waals surface area contributed by atoms with Gasteiger partial charge in [0.25, 0.3) is 0 Å². The number of carbonyl (C=O) groups excluding carboxylic acids is 4. The molecule has 0 radical (unpaired) electrons. The minimum atomic E-state index is -3.53. The van der Waals surface area contributed by atoms with Crippen molar-refractivity contribution in [1.82, 2.24) is 14.9 Å². The zero-order valence-corrected chi connectivity index (χ0v) is 23.1. The van der Waals surface area contributed by atoms with Gasteiger partial charge in [-0.25, -0.2) is 13.2 Å². The molecule has 3 fully saturated rings. The lowest BCUT2D eigenvalue weighted by Crippen LogP contribution is -2.53. The third-order valence-corrected chi connectivity index (χ3v) is 8.45. The summed E-state index contributed by atoms with van der Waals surface area (Å²) in [5.41, 5.74) is 4.72. The summed E-state index contributed by atoms with van der Waals surface area (Å²) >= 11 is 0. The van der Waals surface area contributed by atoms with Crippen LogP contribution in [0.2, 0.25) is 0 Å². The fourth-order valence-corrected chi connectivity index (χ4v) is 5.77. The van der Waals surface area contributed by atoms with Gasteiger partial charge in [0.05, 0.1) is 11.9 Å². The standard InChI is InChI=1S/C25H40N4O8S/c1-25(2,3)37-24(33)27-19(23(32)29-12-4-9-20(29)21(26)30)8-6-14-36-13-5-7-16-15-18(16)22(31)28-38(34,35)17-10-11-17/h5,7,16-20H,4,6,8-15H2,1-3H3,(H2,26,30)(H,27,33)(H,28,31)/b7-5-/t16-,18+,19+,20+/m1/s1. The third-order valence-electron chi connectivity index (χ3n) is 6.61. The molecule has 12 nitrogen and oxygen atoms in total. The number of rotatable bonds is 13. The normalized spacial score (nSPS) is 24.2. The van der Waals surface area contributed by atoms with Gasteiger partial charge >= 0.3 is 6.09 Å². The Morgan fingerprint density at radius 2 is 1.87 bits per heavy atom. The fourth-order valence-electron chi connectivity index (χ4n) is 4.41. The molecule has 1 aliphatic heterocycles. The van der Waals surface area contributed by atoms with Gasteiger partial charge in [-0.05, 0) is 71.6 Å². The lowest BCUT2D eigenvalue weighted by atomic mass is 10.1. The first-order chi connectivity index (χ1) is 17.8. The molecule has 0 aromatic rings. The molecule has 4 N–H and O–H groups in total. The van der Waals surface area contributed by atoms with E-state index in [1.54, 1.807) is 26.8 Å². The van der Waals surface area contributed by atoms with Gasteiger partial charge in [-0.3, -0.25) is 19.1 Å². The number of carbonyl (C=O) groups is 4. The van der Waals surface area contributed by atoms with E-state index in [0.717, 1.165) is 0 Å². The largest absolute Gasteiger partial charge is 0.444 e. The summed E-state index contributed by atoms with van der Waals surface area (Å²) in [6, 6.07) is -1.57. The summed E-state index contributed by atoms with van der Waals surface area (Å²) < 4.78 is 36.9. The molecule has 2 saturated carbocycles. The van der Waals surface area contributed by atoms with E-state index in [1.807, 2.05) is 6.08 Å². The molecule has 4 atom stereocenters. The molecule has 0 spiro atoms. The van der Waals surface area contributed by atoms with Crippen molar-refractivity contribution in [3.63, 3.8) is 0 Å². The average Bonchev–Trinajstić information content (AvgIpc) is 3.72. The zero-order chi connectivity index (χ0) is 28.1. The second-order valence-corrected chi connectivity index (χ2v) is 13.1. The number of nitrogens with zero attached hydrogens (tertiary/aromatic N) is 1. The lowest BCUT2D eigenvalue weighted by molar-refractivity contribution is -0.139. The number of ether oxygens (including phenoxy) is 2. The van der Waals surface area contributed by atoms with Crippen LogP contribution in [0.3, 0.4) is 0 Å². The molecule has 1 saturated heterocycles. The quantitative estimate of drug-likeness (QED) is 0.222. The first-order valence-corrected chi connectivity index (χ1v) is 14.7. The zero-order valence-electron chi connectivity index (χ0n) is 22.3. The highest BCUT2D eigenvalue weighted by atomic mass is 32.2. The molecule has 0 unspecified atom stereocenters. The minimum Gasteiger partial charge on any atom is -0.444 e. The Labute approximate surface area is 224 Å². The molecule has 3 aliphatic rings. The van der Waals surface area contributed by atoms with Crippen molar-refractivity contribution in [3.05, 3.63) is 12.2 Å². The van der Waals surface area contributed by atoms with E-state index in [0.29, 0.717) is 58.3 Å². The summed E-state index contributed by atoms with van der Waals surface area (Å²) in [6.45, 7) is 6.17. The highest BCUT2D eigenvalue weighted by molar-refractivity contribution is 7.90. The van der Waals surface area contributed by atoms with Crippen molar-refractivity contribution in [2.24, 2.45) is 17.6 Å². The van der Waals surface area contributed by atoms with Crippen LogP contribution in [-0.2, 0) is 33.9 Å². The third kappa shape index (κ3) is 8.97. The number of hydrogen-bond donors (Lipinski definition) is 3. The SMILES string of the molecule is CC(C)(C)OC(=O)N[C@@H](CCCOC/C=C\[C@@H]1C[C@@H]1C(=O)NS(=O)(=O)C1CC1)C(=O)N1CCC[C@H]1C(N)=O. The van der Waals surface area contributed by atoms with E-state index in [2.05, 4.69) is 10.0 Å². The van der Waals surface area contributed by atoms with Gasteiger partial charge in [-0.15, -0.1) is 0 Å². The van der Waals surface area contributed by atoms with Crippen LogP contribution in [0.1, 0.15) is 65.7 Å². The second kappa shape index (κ2) is 12.5. The predicted octanol–water partition coefficient (Wildman–Crippen LogP) is 0.954. The number of likely N-dealkylation sites (tertiary alicyclic amines) is 1. The van der Waals surface area contributed by atoms with Crippen molar-refractivity contribution in [2.75, 3.05) is 19.8 Å². The maximum atomic E-state index is 13.1. The second-order valence-electron chi connectivity index (χ2n) is 11.2. The molecular formula is C25H40N4O8S. The van der Waals surface area contributed by atoms with Crippen molar-refractivity contribution in [2.45, 2.75) is 88.7 Å². The summed E-state index contributed by atoms with van der Waals surface area (Å²) in [7, 11) is -3.53. The maximum Gasteiger partial charge on any atom is 0.408 e. The van der Waals surface area contributed by atoms with Crippen LogP contribution in [-0.4, -0.2) is 79.8 Å². The molecule has 214 valence electrons. The summed E-state index contributed by atoms with van der Waals surface area (Å²) in [4.78, 5) is 50.8. The number of nitrogens with one attached hydrogen (secondary N) is 2. The van der Waals surface area contributed by atoms with Gasteiger partial charge in [0.2, 0.25) is 27.7 Å². The molecule has 38 heavy (non-hydrogen) atoms. The molecular weight excluding hydrogens is 516 g/mol. The van der Waals surface area contributed by atoms with Gasteiger partial charge in [-0.2, -0.15) is 0 Å². The highest BCUT2D eigenvalue weighted by Crippen LogP contribution is 2.40. The average molecular weight is 557 g/mol. The molecule has 4 amide bonds. The Hall–Kier alpha value is -2.67. The van der Waals surface area contributed by atoms with Crippen LogP contribution < -0.4 is 15.8 Å². The number of allylic oxidation sites excluding steroid dienone is 1. The van der Waals surface area contributed by atoms with Gasteiger partial charge in [0, 0.05) is 19.1 Å². The Bertz CT molecular complexity index is 1030.